The molecule has 0 radical (unpaired) electrons. The molecule has 0 aliphatic carbocycles. The molecule has 8 nitrogen and oxygen atoms in total. The number of ether oxygens (including phenoxy) is 1. The second-order valence-electron chi connectivity index (χ2n) is 8.02. The van der Waals surface area contributed by atoms with Crippen LogP contribution in [0.4, 0.5) is 10.5 Å². The monoisotopic (exact) mass is 472 g/mol. The third-order valence-electron chi connectivity index (χ3n) is 5.49. The Kier molecular flexibility index (Phi) is 8.54. The molecular weight excluding hydrogens is 444 g/mol. The van der Waals surface area contributed by atoms with E-state index in [1.54, 1.807) is 36.3 Å². The van der Waals surface area contributed by atoms with Gasteiger partial charge in [-0.25, -0.2) is 4.79 Å². The van der Waals surface area contributed by atoms with E-state index in [0.717, 1.165) is 5.56 Å². The van der Waals surface area contributed by atoms with Gasteiger partial charge in [-0.3, -0.25) is 9.59 Å². The van der Waals surface area contributed by atoms with Crippen molar-refractivity contribution in [3.8, 4) is 5.75 Å². The van der Waals surface area contributed by atoms with Gasteiger partial charge in [0.25, 0.3) is 0 Å². The average molecular weight is 473 g/mol. The predicted octanol–water partition coefficient (Wildman–Crippen LogP) is 3.21. The first-order valence-electron chi connectivity index (χ1n) is 10.9. The normalized spacial score (nSPS) is 14.8. The van der Waals surface area contributed by atoms with Gasteiger partial charge in [-0.2, -0.15) is 0 Å². The Morgan fingerprint density at radius 1 is 1.12 bits per heavy atom. The highest BCUT2D eigenvalue weighted by Gasteiger charge is 2.27. The highest BCUT2D eigenvalue weighted by atomic mass is 35.5. The molecule has 0 saturated carbocycles. The third-order valence-corrected chi connectivity index (χ3v) is 5.74. The van der Waals surface area contributed by atoms with Gasteiger partial charge in [0.05, 0.1) is 7.11 Å². The fourth-order valence-electron chi connectivity index (χ4n) is 3.75. The van der Waals surface area contributed by atoms with Crippen molar-refractivity contribution >= 4 is 35.1 Å². The van der Waals surface area contributed by atoms with E-state index >= 15 is 0 Å². The van der Waals surface area contributed by atoms with E-state index in [1.165, 1.54) is 6.92 Å². The van der Waals surface area contributed by atoms with Crippen LogP contribution in [-0.2, 0) is 16.0 Å². The maximum absolute atomic E-state index is 12.9. The lowest BCUT2D eigenvalue weighted by Crippen LogP contribution is -2.53. The molecule has 0 aromatic heterocycles. The molecule has 33 heavy (non-hydrogen) atoms. The Bertz CT molecular complexity index is 975. The first kappa shape index (κ1) is 24.4. The van der Waals surface area contributed by atoms with E-state index in [-0.39, 0.29) is 23.9 Å². The van der Waals surface area contributed by atoms with Crippen LogP contribution in [-0.4, -0.2) is 55.0 Å². The van der Waals surface area contributed by atoms with Gasteiger partial charge in [0, 0.05) is 43.2 Å². The molecule has 1 atom stereocenters. The van der Waals surface area contributed by atoms with Crippen molar-refractivity contribution in [3.05, 3.63) is 59.1 Å². The van der Waals surface area contributed by atoms with Gasteiger partial charge in [-0.1, -0.05) is 23.7 Å². The van der Waals surface area contributed by atoms with Crippen LogP contribution in [0.3, 0.4) is 0 Å². The molecule has 1 aliphatic rings. The topological polar surface area (TPSA) is 99.8 Å². The SMILES string of the molecule is COc1cccc(C[C@@H](NC(C)=O)C(=O)NC2CCN(C(=O)Nc3ccc(Cl)cc3)CC2)c1. The number of carbonyl (C=O) groups is 3. The standard InChI is InChI=1S/C24H29ClN4O4/c1-16(30)26-22(15-17-4-3-5-21(14-17)33-2)23(31)27-20-10-12-29(13-11-20)24(32)28-19-8-6-18(25)7-9-19/h3-9,14,20,22H,10-13,15H2,1-2H3,(H,26,30)(H,27,31)(H,28,32)/t22-/m1/s1. The highest BCUT2D eigenvalue weighted by Crippen LogP contribution is 2.17. The van der Waals surface area contributed by atoms with Crippen LogP contribution in [0.15, 0.2) is 48.5 Å². The molecule has 0 spiro atoms. The van der Waals surface area contributed by atoms with Crippen LogP contribution in [0, 0.1) is 0 Å². The van der Waals surface area contributed by atoms with E-state index in [2.05, 4.69) is 16.0 Å². The number of nitrogens with one attached hydrogen (secondary N) is 3. The first-order valence-corrected chi connectivity index (χ1v) is 11.2. The largest absolute Gasteiger partial charge is 0.497 e. The number of piperidine rings is 1. The number of benzene rings is 2. The molecule has 3 N–H and O–H groups in total. The van der Waals surface area contributed by atoms with E-state index in [1.807, 2.05) is 24.3 Å². The fourth-order valence-corrected chi connectivity index (χ4v) is 3.88. The molecule has 3 rings (SSSR count). The van der Waals surface area contributed by atoms with Crippen LogP contribution in [0.2, 0.25) is 5.02 Å². The summed E-state index contributed by atoms with van der Waals surface area (Å²) < 4.78 is 5.24. The van der Waals surface area contributed by atoms with Crippen molar-refractivity contribution in [2.24, 2.45) is 0 Å². The second kappa shape index (κ2) is 11.6. The van der Waals surface area contributed by atoms with Gasteiger partial charge in [-0.05, 0) is 54.8 Å². The number of methoxy groups -OCH3 is 1. The van der Waals surface area contributed by atoms with Gasteiger partial charge >= 0.3 is 6.03 Å². The van der Waals surface area contributed by atoms with E-state index < -0.39 is 6.04 Å². The minimum Gasteiger partial charge on any atom is -0.497 e. The van der Waals surface area contributed by atoms with Crippen LogP contribution < -0.4 is 20.7 Å². The molecule has 0 unspecified atom stereocenters. The summed E-state index contributed by atoms with van der Waals surface area (Å²) in [6.45, 7) is 2.43. The number of carbonyl (C=O) groups excluding carboxylic acids is 3. The summed E-state index contributed by atoms with van der Waals surface area (Å²) in [6.07, 6.45) is 1.61. The number of urea groups is 1. The van der Waals surface area contributed by atoms with E-state index in [4.69, 9.17) is 16.3 Å². The molecule has 2 aromatic carbocycles. The number of halogens is 1. The number of likely N-dealkylation sites (tertiary alicyclic amines) is 1. The lowest BCUT2D eigenvalue weighted by atomic mass is 10.0. The average Bonchev–Trinajstić information content (AvgIpc) is 2.80. The number of hydrogen-bond acceptors (Lipinski definition) is 4. The Balaban J connectivity index is 1.52. The molecule has 0 bridgehead atoms. The number of hydrogen-bond donors (Lipinski definition) is 3. The zero-order valence-electron chi connectivity index (χ0n) is 18.8. The third kappa shape index (κ3) is 7.39. The number of amides is 4. The fraction of sp³-hybridized carbons (Fsp3) is 0.375. The number of nitrogens with zero attached hydrogens (tertiary/aromatic N) is 1. The summed E-state index contributed by atoms with van der Waals surface area (Å²) in [7, 11) is 1.58. The van der Waals surface area contributed by atoms with Crippen LogP contribution >= 0.6 is 11.6 Å². The maximum atomic E-state index is 12.9. The summed E-state index contributed by atoms with van der Waals surface area (Å²) in [6, 6.07) is 13.4. The summed E-state index contributed by atoms with van der Waals surface area (Å²) in [5.41, 5.74) is 1.56. The minimum atomic E-state index is -0.694. The van der Waals surface area contributed by atoms with Gasteiger partial charge in [0.1, 0.15) is 11.8 Å². The summed E-state index contributed by atoms with van der Waals surface area (Å²) >= 11 is 5.88. The van der Waals surface area contributed by atoms with Crippen molar-refractivity contribution in [2.75, 3.05) is 25.5 Å². The molecule has 9 heteroatoms. The Hall–Kier alpha value is -3.26. The smallest absolute Gasteiger partial charge is 0.321 e. The van der Waals surface area contributed by atoms with Crippen molar-refractivity contribution in [3.63, 3.8) is 0 Å². The van der Waals surface area contributed by atoms with Crippen molar-refractivity contribution < 1.29 is 19.1 Å². The Labute approximate surface area is 198 Å². The molecule has 2 aromatic rings. The molecule has 176 valence electrons. The van der Waals surface area contributed by atoms with E-state index in [0.29, 0.717) is 48.8 Å². The van der Waals surface area contributed by atoms with Crippen molar-refractivity contribution in [1.82, 2.24) is 15.5 Å². The molecule has 1 fully saturated rings. The maximum Gasteiger partial charge on any atom is 0.321 e. The van der Waals surface area contributed by atoms with Gasteiger partial charge in [0.2, 0.25) is 11.8 Å². The first-order chi connectivity index (χ1) is 15.8. The number of rotatable bonds is 7. The van der Waals surface area contributed by atoms with Crippen LogP contribution in [0.5, 0.6) is 5.75 Å². The minimum absolute atomic E-state index is 0.0707. The number of anilines is 1. The van der Waals surface area contributed by atoms with Gasteiger partial charge in [0.15, 0.2) is 0 Å². The quantitative estimate of drug-likeness (QED) is 0.576. The zero-order chi connectivity index (χ0) is 23.8. The molecular formula is C24H29ClN4O4. The summed E-state index contributed by atoms with van der Waals surface area (Å²) in [5, 5.41) is 9.23. The summed E-state index contributed by atoms with van der Waals surface area (Å²) in [5.74, 6) is 0.183. The molecule has 1 heterocycles. The zero-order valence-corrected chi connectivity index (χ0v) is 19.5. The molecule has 1 aliphatic heterocycles. The van der Waals surface area contributed by atoms with Crippen molar-refractivity contribution in [1.29, 1.82) is 0 Å². The van der Waals surface area contributed by atoms with Gasteiger partial charge in [-0.15, -0.1) is 0 Å². The lowest BCUT2D eigenvalue weighted by molar-refractivity contribution is -0.128. The molecule has 4 amide bonds. The van der Waals surface area contributed by atoms with Gasteiger partial charge < -0.3 is 25.6 Å². The lowest BCUT2D eigenvalue weighted by Gasteiger charge is -2.33. The van der Waals surface area contributed by atoms with Crippen LogP contribution in [0.1, 0.15) is 25.3 Å². The Morgan fingerprint density at radius 2 is 1.82 bits per heavy atom. The van der Waals surface area contributed by atoms with Crippen LogP contribution in [0.25, 0.3) is 0 Å². The highest BCUT2D eigenvalue weighted by molar-refractivity contribution is 6.30. The van der Waals surface area contributed by atoms with Crippen molar-refractivity contribution in [2.45, 2.75) is 38.3 Å². The predicted molar refractivity (Wildman–Crippen MR) is 128 cm³/mol. The second-order valence-corrected chi connectivity index (χ2v) is 8.45. The summed E-state index contributed by atoms with van der Waals surface area (Å²) in [4.78, 5) is 38.8. The Morgan fingerprint density at radius 3 is 2.45 bits per heavy atom. The van der Waals surface area contributed by atoms with E-state index in [9.17, 15) is 14.4 Å². The molecule has 1 saturated heterocycles.